The van der Waals surface area contributed by atoms with Crippen molar-refractivity contribution < 1.29 is 33.5 Å². The lowest BCUT2D eigenvalue weighted by Crippen LogP contribution is -3.14. The number of carbonyl (C=O) groups is 2. The summed E-state index contributed by atoms with van der Waals surface area (Å²) in [7, 11) is 1.46. The number of nitrogens with zero attached hydrogens (tertiary/aromatic N) is 1. The Morgan fingerprint density at radius 2 is 1.91 bits per heavy atom. The summed E-state index contributed by atoms with van der Waals surface area (Å²) in [5.74, 6) is -2.21. The number of methoxy groups -OCH3 is 1. The largest absolute Gasteiger partial charge is 0.872 e. The maximum atomic E-state index is 13.6. The lowest BCUT2D eigenvalue weighted by atomic mass is 9.95. The van der Waals surface area contributed by atoms with Crippen LogP contribution in [0.3, 0.4) is 0 Å². The Kier molecular flexibility index (Phi) is 7.50. The zero-order valence-corrected chi connectivity index (χ0v) is 19.6. The number of quaternary nitrogens is 1. The average molecular weight is 489 g/mol. The van der Waals surface area contributed by atoms with Gasteiger partial charge >= 0.3 is 0 Å². The van der Waals surface area contributed by atoms with Gasteiger partial charge in [-0.3, -0.25) is 9.59 Å². The van der Waals surface area contributed by atoms with E-state index in [2.05, 4.69) is 0 Å². The zero-order chi connectivity index (χ0) is 24.2. The van der Waals surface area contributed by atoms with Gasteiger partial charge in [-0.15, -0.1) is 0 Å². The van der Waals surface area contributed by atoms with Crippen molar-refractivity contribution >= 4 is 29.1 Å². The standard InChI is InChI=1S/C25H26ClFN2O5/c1-33-20-8-5-17(15-19(20)26)23(30)21-22(16-3-6-18(27)7-4-16)29(25(32)24(21)31)10-2-9-28-11-13-34-14-12-28/h3-8,15,22,30H,2,9-14H2,1H3. The molecule has 2 aromatic carbocycles. The van der Waals surface area contributed by atoms with Crippen LogP contribution in [0.5, 0.6) is 5.75 Å². The molecule has 0 radical (unpaired) electrons. The maximum absolute atomic E-state index is 13.6. The van der Waals surface area contributed by atoms with Gasteiger partial charge in [-0.2, -0.15) is 0 Å². The second kappa shape index (κ2) is 10.5. The van der Waals surface area contributed by atoms with Crippen LogP contribution in [0.15, 0.2) is 48.0 Å². The predicted octanol–water partition coefficient (Wildman–Crippen LogP) is 1.02. The SMILES string of the molecule is COc1ccc(C([O-])=C2C(=O)C(=O)N(CCC[NH+]3CCOCC3)C2c2ccc(F)cc2)cc1Cl. The van der Waals surface area contributed by atoms with E-state index in [1.54, 1.807) is 0 Å². The molecule has 7 nitrogen and oxygen atoms in total. The molecule has 2 aliphatic rings. The number of amides is 1. The molecule has 2 aromatic rings. The number of rotatable bonds is 7. The van der Waals surface area contributed by atoms with Crippen LogP contribution in [-0.2, 0) is 14.3 Å². The second-order valence-electron chi connectivity index (χ2n) is 8.34. The first-order valence-corrected chi connectivity index (χ1v) is 11.6. The van der Waals surface area contributed by atoms with Gasteiger partial charge in [-0.05, 0) is 35.4 Å². The van der Waals surface area contributed by atoms with E-state index in [9.17, 15) is 19.1 Å². The summed E-state index contributed by atoms with van der Waals surface area (Å²) in [6.45, 7) is 4.30. The van der Waals surface area contributed by atoms with Crippen molar-refractivity contribution in [2.45, 2.75) is 12.5 Å². The van der Waals surface area contributed by atoms with E-state index in [4.69, 9.17) is 21.1 Å². The highest BCUT2D eigenvalue weighted by Gasteiger charge is 2.44. The van der Waals surface area contributed by atoms with E-state index in [-0.39, 0.29) is 16.2 Å². The molecule has 2 fully saturated rings. The van der Waals surface area contributed by atoms with Gasteiger partial charge in [0, 0.05) is 18.5 Å². The first-order valence-electron chi connectivity index (χ1n) is 11.2. The molecule has 2 aliphatic heterocycles. The molecular formula is C25H26ClFN2O5. The average Bonchev–Trinajstić information content (AvgIpc) is 3.09. The van der Waals surface area contributed by atoms with Crippen molar-refractivity contribution in [3.63, 3.8) is 0 Å². The fourth-order valence-electron chi connectivity index (χ4n) is 4.47. The van der Waals surface area contributed by atoms with Crippen molar-refractivity contribution in [1.82, 2.24) is 4.90 Å². The number of ketones is 1. The highest BCUT2D eigenvalue weighted by molar-refractivity contribution is 6.46. The molecule has 1 N–H and O–H groups in total. The summed E-state index contributed by atoms with van der Waals surface area (Å²) < 4.78 is 24.1. The van der Waals surface area contributed by atoms with Crippen molar-refractivity contribution in [2.24, 2.45) is 0 Å². The number of likely N-dealkylation sites (tertiary alicyclic amines) is 1. The molecule has 0 saturated carbocycles. The minimum Gasteiger partial charge on any atom is -0.872 e. The number of nitrogens with one attached hydrogen (secondary N) is 1. The minimum atomic E-state index is -0.895. The van der Waals surface area contributed by atoms with Crippen LogP contribution in [0.25, 0.3) is 5.76 Å². The van der Waals surface area contributed by atoms with Crippen LogP contribution >= 0.6 is 11.6 Å². The van der Waals surface area contributed by atoms with Crippen molar-refractivity contribution in [2.75, 3.05) is 46.5 Å². The first-order chi connectivity index (χ1) is 16.4. The normalized spacial score (nSPS) is 20.7. The van der Waals surface area contributed by atoms with E-state index >= 15 is 0 Å². The summed E-state index contributed by atoms with van der Waals surface area (Å²) in [5.41, 5.74) is 0.521. The summed E-state index contributed by atoms with van der Waals surface area (Å²) in [4.78, 5) is 28.9. The molecule has 1 amide bonds. The number of Topliss-reactive ketones (excluding diaryl/α,β-unsaturated/α-hetero) is 1. The van der Waals surface area contributed by atoms with Crippen LogP contribution in [0.4, 0.5) is 4.39 Å². The van der Waals surface area contributed by atoms with E-state index in [1.165, 1.54) is 59.4 Å². The van der Waals surface area contributed by atoms with Crippen LogP contribution in [-0.4, -0.2) is 63.1 Å². The third-order valence-electron chi connectivity index (χ3n) is 6.26. The molecule has 0 aliphatic carbocycles. The smallest absolute Gasteiger partial charge is 0.295 e. The Morgan fingerprint density at radius 1 is 1.21 bits per heavy atom. The number of halogens is 2. The molecule has 0 spiro atoms. The molecule has 34 heavy (non-hydrogen) atoms. The number of hydrogen-bond acceptors (Lipinski definition) is 5. The van der Waals surface area contributed by atoms with Crippen molar-refractivity contribution in [1.29, 1.82) is 0 Å². The van der Waals surface area contributed by atoms with Crippen LogP contribution in [0.1, 0.15) is 23.6 Å². The monoisotopic (exact) mass is 488 g/mol. The quantitative estimate of drug-likeness (QED) is 0.357. The zero-order valence-electron chi connectivity index (χ0n) is 18.8. The molecule has 1 unspecified atom stereocenters. The Hall–Kier alpha value is -2.94. The minimum absolute atomic E-state index is 0.156. The lowest BCUT2D eigenvalue weighted by Gasteiger charge is -2.29. The molecular weight excluding hydrogens is 463 g/mol. The van der Waals surface area contributed by atoms with Crippen molar-refractivity contribution in [3.05, 3.63) is 70.0 Å². The summed E-state index contributed by atoms with van der Waals surface area (Å²) in [6.07, 6.45) is 0.655. The molecule has 2 heterocycles. The van der Waals surface area contributed by atoms with Crippen LogP contribution in [0.2, 0.25) is 5.02 Å². The molecule has 9 heteroatoms. The van der Waals surface area contributed by atoms with Gasteiger partial charge in [0.2, 0.25) is 5.78 Å². The van der Waals surface area contributed by atoms with Gasteiger partial charge in [-0.1, -0.05) is 35.6 Å². The van der Waals surface area contributed by atoms with Gasteiger partial charge in [-0.25, -0.2) is 4.39 Å². The van der Waals surface area contributed by atoms with E-state index < -0.39 is 29.3 Å². The highest BCUT2D eigenvalue weighted by Crippen LogP contribution is 2.39. The van der Waals surface area contributed by atoms with E-state index in [1.807, 2.05) is 0 Å². The Balaban J connectivity index is 1.68. The lowest BCUT2D eigenvalue weighted by molar-refractivity contribution is -0.908. The highest BCUT2D eigenvalue weighted by atomic mass is 35.5. The molecule has 0 bridgehead atoms. The van der Waals surface area contributed by atoms with Crippen LogP contribution < -0.4 is 14.7 Å². The Morgan fingerprint density at radius 3 is 2.56 bits per heavy atom. The molecule has 0 aromatic heterocycles. The summed E-state index contributed by atoms with van der Waals surface area (Å²) >= 11 is 6.19. The van der Waals surface area contributed by atoms with E-state index in [0.717, 1.165) is 19.6 Å². The number of morpholine rings is 1. The fraction of sp³-hybridized carbons (Fsp3) is 0.360. The van der Waals surface area contributed by atoms with Gasteiger partial charge in [0.05, 0.1) is 37.9 Å². The fourth-order valence-corrected chi connectivity index (χ4v) is 4.72. The second-order valence-corrected chi connectivity index (χ2v) is 8.75. The number of ether oxygens (including phenoxy) is 2. The number of hydrogen-bond donors (Lipinski definition) is 1. The number of carbonyl (C=O) groups excluding carboxylic acids is 2. The predicted molar refractivity (Wildman–Crippen MR) is 122 cm³/mol. The third kappa shape index (κ3) is 4.94. The van der Waals surface area contributed by atoms with Crippen LogP contribution in [0, 0.1) is 5.82 Å². The summed E-state index contributed by atoms with van der Waals surface area (Å²) in [5, 5.41) is 13.7. The number of benzene rings is 2. The Labute approximate surface area is 202 Å². The molecule has 2 saturated heterocycles. The van der Waals surface area contributed by atoms with Crippen molar-refractivity contribution in [3.8, 4) is 5.75 Å². The van der Waals surface area contributed by atoms with E-state index in [0.29, 0.717) is 37.5 Å². The van der Waals surface area contributed by atoms with Gasteiger partial charge < -0.3 is 24.4 Å². The molecule has 1 atom stereocenters. The summed E-state index contributed by atoms with van der Waals surface area (Å²) in [6, 6.07) is 9.07. The topological polar surface area (TPSA) is 83.3 Å². The molecule has 4 rings (SSSR count). The maximum Gasteiger partial charge on any atom is 0.295 e. The Bertz CT molecular complexity index is 1100. The molecule has 180 valence electrons. The van der Waals surface area contributed by atoms with Gasteiger partial charge in [0.25, 0.3) is 5.91 Å². The first kappa shape index (κ1) is 24.2. The van der Waals surface area contributed by atoms with Gasteiger partial charge in [0.1, 0.15) is 24.7 Å². The third-order valence-corrected chi connectivity index (χ3v) is 6.55. The van der Waals surface area contributed by atoms with Gasteiger partial charge in [0.15, 0.2) is 0 Å².